The van der Waals surface area contributed by atoms with Crippen LogP contribution < -0.4 is 4.74 Å². The van der Waals surface area contributed by atoms with Crippen LogP contribution in [0.4, 0.5) is 0 Å². The van der Waals surface area contributed by atoms with Gasteiger partial charge in [0, 0.05) is 0 Å². The smallest absolute Gasteiger partial charge is 0.151 e. The molecule has 2 rings (SSSR count). The second-order valence-electron chi connectivity index (χ2n) is 5.62. The minimum atomic E-state index is 0.523. The summed E-state index contributed by atoms with van der Waals surface area (Å²) in [6.07, 6.45) is 12.4. The zero-order valence-electron chi connectivity index (χ0n) is 11.9. The molecule has 2 nitrogen and oxygen atoms in total. The Bertz CT molecular complexity index is 405. The van der Waals surface area contributed by atoms with Gasteiger partial charge in [0.25, 0.3) is 0 Å². The number of halogens is 2. The molecule has 0 aromatic carbocycles. The molecule has 1 aromatic heterocycles. The second-order valence-corrected chi connectivity index (χ2v) is 7.03. The van der Waals surface area contributed by atoms with Gasteiger partial charge in [-0.05, 0) is 53.5 Å². The van der Waals surface area contributed by atoms with Gasteiger partial charge in [-0.3, -0.25) is 0 Å². The molecule has 0 spiro atoms. The highest BCUT2D eigenvalue weighted by Gasteiger charge is 2.11. The van der Waals surface area contributed by atoms with Crippen LogP contribution in [0.3, 0.4) is 0 Å². The molecule has 112 valence electrons. The molecule has 4 heteroatoms. The van der Waals surface area contributed by atoms with Gasteiger partial charge in [-0.2, -0.15) is 0 Å². The van der Waals surface area contributed by atoms with Crippen LogP contribution >= 0.6 is 34.2 Å². The highest BCUT2D eigenvalue weighted by molar-refractivity contribution is 14.1. The summed E-state index contributed by atoms with van der Waals surface area (Å²) in [6, 6.07) is 3.69. The molecule has 1 aliphatic carbocycles. The minimum Gasteiger partial charge on any atom is -0.491 e. The predicted molar refractivity (Wildman–Crippen MR) is 92.5 cm³/mol. The Morgan fingerprint density at radius 2 is 1.90 bits per heavy atom. The van der Waals surface area contributed by atoms with E-state index in [0.29, 0.717) is 5.15 Å². The first-order valence-corrected chi connectivity index (χ1v) is 9.16. The van der Waals surface area contributed by atoms with Gasteiger partial charge in [0.05, 0.1) is 6.61 Å². The Balaban J connectivity index is 1.61. The van der Waals surface area contributed by atoms with E-state index < -0.39 is 0 Å². The van der Waals surface area contributed by atoms with E-state index in [1.165, 1.54) is 51.4 Å². The third-order valence-corrected chi connectivity index (χ3v) is 5.00. The number of nitrogens with zero attached hydrogens (tertiary/aromatic N) is 1. The molecule has 1 aromatic rings. The molecule has 0 saturated heterocycles. The number of ether oxygens (including phenoxy) is 1. The van der Waals surface area contributed by atoms with E-state index in [2.05, 4.69) is 27.6 Å². The molecule has 0 N–H and O–H groups in total. The first kappa shape index (κ1) is 16.3. The van der Waals surface area contributed by atoms with Crippen molar-refractivity contribution >= 4 is 34.2 Å². The standard InChI is InChI=1S/C16H23ClINO/c17-15-11-10-14(16(18)19-15)20-12-6-5-9-13-7-3-1-2-4-8-13/h10-11,13H,1-9,12H2. The lowest BCUT2D eigenvalue weighted by molar-refractivity contribution is 0.292. The molecule has 0 amide bonds. The SMILES string of the molecule is Clc1ccc(OCCCCC2CCCCCC2)c(I)n1. The largest absolute Gasteiger partial charge is 0.491 e. The van der Waals surface area contributed by atoms with E-state index in [9.17, 15) is 0 Å². The molecule has 1 heterocycles. The first-order chi connectivity index (χ1) is 9.75. The number of hydrogen-bond acceptors (Lipinski definition) is 2. The van der Waals surface area contributed by atoms with E-state index >= 15 is 0 Å². The minimum absolute atomic E-state index is 0.523. The van der Waals surface area contributed by atoms with Crippen molar-refractivity contribution in [3.05, 3.63) is 21.0 Å². The zero-order valence-corrected chi connectivity index (χ0v) is 14.8. The van der Waals surface area contributed by atoms with Crippen LogP contribution in [0.2, 0.25) is 5.15 Å². The van der Waals surface area contributed by atoms with Crippen molar-refractivity contribution in [1.82, 2.24) is 4.98 Å². The van der Waals surface area contributed by atoms with Gasteiger partial charge in [0.15, 0.2) is 5.75 Å². The summed E-state index contributed by atoms with van der Waals surface area (Å²) in [5, 5.41) is 0.523. The Morgan fingerprint density at radius 1 is 1.15 bits per heavy atom. The molecule has 0 atom stereocenters. The molecule has 0 radical (unpaired) electrons. The van der Waals surface area contributed by atoms with Crippen LogP contribution in [-0.4, -0.2) is 11.6 Å². The Morgan fingerprint density at radius 3 is 2.60 bits per heavy atom. The van der Waals surface area contributed by atoms with E-state index in [4.69, 9.17) is 16.3 Å². The lowest BCUT2D eigenvalue weighted by atomic mass is 9.94. The molecular weight excluding hydrogens is 385 g/mol. The lowest BCUT2D eigenvalue weighted by Crippen LogP contribution is -2.03. The fourth-order valence-corrected chi connectivity index (χ4v) is 3.76. The van der Waals surface area contributed by atoms with Gasteiger partial charge in [-0.1, -0.05) is 56.5 Å². The van der Waals surface area contributed by atoms with Crippen molar-refractivity contribution in [2.24, 2.45) is 5.92 Å². The average molecular weight is 408 g/mol. The molecule has 1 fully saturated rings. The van der Waals surface area contributed by atoms with Crippen molar-refractivity contribution in [2.75, 3.05) is 6.61 Å². The highest BCUT2D eigenvalue weighted by atomic mass is 127. The molecule has 1 saturated carbocycles. The fraction of sp³-hybridized carbons (Fsp3) is 0.688. The lowest BCUT2D eigenvalue weighted by Gasteiger charge is -2.13. The molecule has 1 aliphatic rings. The Hall–Kier alpha value is -0.0300. The maximum Gasteiger partial charge on any atom is 0.151 e. The quantitative estimate of drug-likeness (QED) is 0.255. The summed E-state index contributed by atoms with van der Waals surface area (Å²) in [4.78, 5) is 4.18. The van der Waals surface area contributed by atoms with Crippen molar-refractivity contribution in [1.29, 1.82) is 0 Å². The van der Waals surface area contributed by atoms with Gasteiger partial charge in [-0.25, -0.2) is 4.98 Å². The van der Waals surface area contributed by atoms with E-state index in [1.807, 2.05) is 6.07 Å². The van der Waals surface area contributed by atoms with Crippen LogP contribution in [0.5, 0.6) is 5.75 Å². The van der Waals surface area contributed by atoms with Crippen molar-refractivity contribution in [3.8, 4) is 5.75 Å². The van der Waals surface area contributed by atoms with E-state index in [1.54, 1.807) is 6.07 Å². The highest BCUT2D eigenvalue weighted by Crippen LogP contribution is 2.27. The maximum absolute atomic E-state index is 5.83. The van der Waals surface area contributed by atoms with Crippen LogP contribution in [0.25, 0.3) is 0 Å². The first-order valence-electron chi connectivity index (χ1n) is 7.70. The van der Waals surface area contributed by atoms with Crippen LogP contribution in [0.1, 0.15) is 57.8 Å². The molecule has 0 bridgehead atoms. The maximum atomic E-state index is 5.83. The summed E-state index contributed by atoms with van der Waals surface area (Å²) >= 11 is 7.99. The summed E-state index contributed by atoms with van der Waals surface area (Å²) < 4.78 is 6.62. The van der Waals surface area contributed by atoms with Gasteiger partial charge in [-0.15, -0.1) is 0 Å². The number of rotatable bonds is 6. The average Bonchev–Trinajstić information content (AvgIpc) is 2.69. The van der Waals surface area contributed by atoms with Crippen LogP contribution in [0, 0.1) is 9.62 Å². The predicted octanol–water partition coefficient (Wildman–Crippen LogP) is 5.86. The van der Waals surface area contributed by atoms with Crippen molar-refractivity contribution in [3.63, 3.8) is 0 Å². The van der Waals surface area contributed by atoms with E-state index in [0.717, 1.165) is 28.4 Å². The number of aromatic nitrogens is 1. The second kappa shape index (κ2) is 9.08. The fourth-order valence-electron chi connectivity index (χ4n) is 2.88. The Labute approximate surface area is 140 Å². The molecule has 0 aliphatic heterocycles. The third kappa shape index (κ3) is 5.76. The van der Waals surface area contributed by atoms with Crippen LogP contribution in [-0.2, 0) is 0 Å². The van der Waals surface area contributed by atoms with Crippen molar-refractivity contribution in [2.45, 2.75) is 57.8 Å². The van der Waals surface area contributed by atoms with Gasteiger partial charge in [0.1, 0.15) is 8.85 Å². The van der Waals surface area contributed by atoms with E-state index in [-0.39, 0.29) is 0 Å². The molecule has 0 unspecified atom stereocenters. The number of pyridine rings is 1. The third-order valence-electron chi connectivity index (χ3n) is 4.02. The summed E-state index contributed by atoms with van der Waals surface area (Å²) in [5.41, 5.74) is 0. The van der Waals surface area contributed by atoms with Gasteiger partial charge in [0.2, 0.25) is 0 Å². The molecular formula is C16H23ClINO. The zero-order chi connectivity index (χ0) is 14.2. The van der Waals surface area contributed by atoms with Gasteiger partial charge >= 0.3 is 0 Å². The Kier molecular flexibility index (Phi) is 7.42. The summed E-state index contributed by atoms with van der Waals surface area (Å²) in [7, 11) is 0. The topological polar surface area (TPSA) is 22.1 Å². The number of unbranched alkanes of at least 4 members (excludes halogenated alkanes) is 1. The number of hydrogen-bond donors (Lipinski definition) is 0. The monoisotopic (exact) mass is 407 g/mol. The summed E-state index contributed by atoms with van der Waals surface area (Å²) in [5.74, 6) is 1.82. The summed E-state index contributed by atoms with van der Waals surface area (Å²) in [6.45, 7) is 0.784. The van der Waals surface area contributed by atoms with Gasteiger partial charge < -0.3 is 4.74 Å². The molecule has 20 heavy (non-hydrogen) atoms. The normalized spacial score (nSPS) is 16.9. The van der Waals surface area contributed by atoms with Crippen molar-refractivity contribution < 1.29 is 4.74 Å². The van der Waals surface area contributed by atoms with Crippen LogP contribution in [0.15, 0.2) is 12.1 Å².